The molecule has 1 fully saturated rings. The number of para-hydroxylation sites is 1. The molecule has 0 aliphatic carbocycles. The fourth-order valence-corrected chi connectivity index (χ4v) is 4.73. The molecule has 172 valence electrons. The monoisotopic (exact) mass is 467 g/mol. The van der Waals surface area contributed by atoms with Crippen LogP contribution in [0.5, 0.6) is 5.75 Å². The molecule has 0 radical (unpaired) electrons. The molecular weight excluding hydrogens is 442 g/mol. The smallest absolute Gasteiger partial charge is 0.267 e. The van der Waals surface area contributed by atoms with E-state index >= 15 is 0 Å². The van der Waals surface area contributed by atoms with Crippen molar-refractivity contribution in [3.63, 3.8) is 0 Å². The molecule has 8 heteroatoms. The Balaban J connectivity index is 0.00000259. The first kappa shape index (κ1) is 23.0. The number of ketones is 1. The second kappa shape index (κ2) is 9.39. The van der Waals surface area contributed by atoms with Crippen molar-refractivity contribution in [2.24, 2.45) is 0 Å². The van der Waals surface area contributed by atoms with Crippen LogP contribution in [0, 0.1) is 0 Å². The summed E-state index contributed by atoms with van der Waals surface area (Å²) in [6, 6.07) is 13.7. The number of benzene rings is 2. The average Bonchev–Trinajstić information content (AvgIpc) is 3.22. The van der Waals surface area contributed by atoms with E-state index in [1.165, 1.54) is 17.0 Å². The lowest BCUT2D eigenvalue weighted by Gasteiger charge is -2.44. The number of halogens is 1. The van der Waals surface area contributed by atoms with Gasteiger partial charge in [0.15, 0.2) is 5.78 Å². The number of nitrogens with one attached hydrogen (secondary N) is 2. The number of carbonyl (C=O) groups is 2. The van der Waals surface area contributed by atoms with E-state index in [4.69, 9.17) is 9.94 Å². The summed E-state index contributed by atoms with van der Waals surface area (Å²) in [7, 11) is 0. The highest BCUT2D eigenvalue weighted by molar-refractivity contribution is 6.01. The predicted octanol–water partition coefficient (Wildman–Crippen LogP) is 4.11. The Hall–Kier alpha value is -3.13. The van der Waals surface area contributed by atoms with Crippen molar-refractivity contribution in [2.75, 3.05) is 13.1 Å². The SMILES string of the molecule is Cl.O=C(/C=C/c1ccc2c(c1)C(=O)CC1(CCN(Cc3c[nH]c4ccccc34)CC1)O2)NO. The minimum Gasteiger partial charge on any atom is -0.486 e. The van der Waals surface area contributed by atoms with Crippen LogP contribution in [0.2, 0.25) is 0 Å². The second-order valence-electron chi connectivity index (χ2n) is 8.59. The number of nitrogens with zero attached hydrogens (tertiary/aromatic N) is 1. The molecule has 0 saturated carbocycles. The van der Waals surface area contributed by atoms with Crippen molar-refractivity contribution in [3.8, 4) is 5.75 Å². The summed E-state index contributed by atoms with van der Waals surface area (Å²) < 4.78 is 6.39. The number of H-pyrrole nitrogens is 1. The van der Waals surface area contributed by atoms with Gasteiger partial charge in [0.25, 0.3) is 5.91 Å². The van der Waals surface area contributed by atoms with Crippen molar-refractivity contribution in [1.29, 1.82) is 0 Å². The van der Waals surface area contributed by atoms with Crippen molar-refractivity contribution in [3.05, 3.63) is 71.4 Å². The van der Waals surface area contributed by atoms with Crippen LogP contribution in [-0.4, -0.2) is 45.5 Å². The molecule has 2 aliphatic heterocycles. The van der Waals surface area contributed by atoms with Crippen LogP contribution < -0.4 is 10.2 Å². The Morgan fingerprint density at radius 2 is 2.00 bits per heavy atom. The van der Waals surface area contributed by atoms with E-state index < -0.39 is 11.5 Å². The van der Waals surface area contributed by atoms with E-state index in [1.54, 1.807) is 29.8 Å². The number of rotatable bonds is 4. The van der Waals surface area contributed by atoms with E-state index in [-0.39, 0.29) is 18.2 Å². The lowest BCUT2D eigenvalue weighted by Crippen LogP contribution is -2.50. The topological polar surface area (TPSA) is 94.7 Å². The van der Waals surface area contributed by atoms with Crippen LogP contribution in [0.1, 0.15) is 40.7 Å². The van der Waals surface area contributed by atoms with Crippen LogP contribution in [0.25, 0.3) is 17.0 Å². The van der Waals surface area contributed by atoms with Gasteiger partial charge in [-0.1, -0.05) is 24.3 Å². The molecule has 0 bridgehead atoms. The van der Waals surface area contributed by atoms with Crippen molar-refractivity contribution >= 4 is 41.1 Å². The van der Waals surface area contributed by atoms with Gasteiger partial charge in [0.1, 0.15) is 11.4 Å². The third-order valence-electron chi connectivity index (χ3n) is 6.49. The van der Waals surface area contributed by atoms with Gasteiger partial charge in [0.2, 0.25) is 0 Å². The van der Waals surface area contributed by atoms with Gasteiger partial charge < -0.3 is 9.72 Å². The first-order chi connectivity index (χ1) is 15.5. The second-order valence-corrected chi connectivity index (χ2v) is 8.59. The molecule has 2 aliphatic rings. The minimum atomic E-state index is -0.622. The summed E-state index contributed by atoms with van der Waals surface area (Å²) >= 11 is 0. The van der Waals surface area contributed by atoms with E-state index in [9.17, 15) is 9.59 Å². The predicted molar refractivity (Wildman–Crippen MR) is 128 cm³/mol. The number of hydrogen-bond acceptors (Lipinski definition) is 5. The number of hydrogen-bond donors (Lipinski definition) is 3. The number of hydroxylamine groups is 1. The van der Waals surface area contributed by atoms with Gasteiger partial charge in [-0.25, -0.2) is 5.48 Å². The van der Waals surface area contributed by atoms with Crippen LogP contribution in [0.4, 0.5) is 0 Å². The number of likely N-dealkylation sites (tertiary alicyclic amines) is 1. The highest BCUT2D eigenvalue weighted by Gasteiger charge is 2.42. The van der Waals surface area contributed by atoms with Gasteiger partial charge in [0.05, 0.1) is 12.0 Å². The lowest BCUT2D eigenvalue weighted by atomic mass is 9.82. The summed E-state index contributed by atoms with van der Waals surface area (Å²) in [5.41, 5.74) is 4.79. The van der Waals surface area contributed by atoms with Crippen LogP contribution in [-0.2, 0) is 11.3 Å². The fourth-order valence-electron chi connectivity index (χ4n) is 4.73. The van der Waals surface area contributed by atoms with Gasteiger partial charge in [-0.05, 0) is 35.4 Å². The number of ether oxygens (including phenoxy) is 1. The lowest BCUT2D eigenvalue weighted by molar-refractivity contribution is -0.124. The van der Waals surface area contributed by atoms with Crippen molar-refractivity contribution in [1.82, 2.24) is 15.4 Å². The minimum absolute atomic E-state index is 0. The highest BCUT2D eigenvalue weighted by atomic mass is 35.5. The van der Waals surface area contributed by atoms with E-state index in [0.717, 1.165) is 38.0 Å². The highest BCUT2D eigenvalue weighted by Crippen LogP contribution is 2.40. The quantitative estimate of drug-likeness (QED) is 0.305. The zero-order chi connectivity index (χ0) is 22.1. The summed E-state index contributed by atoms with van der Waals surface area (Å²) in [5, 5.41) is 9.85. The van der Waals surface area contributed by atoms with Crippen molar-refractivity contribution in [2.45, 2.75) is 31.4 Å². The van der Waals surface area contributed by atoms with E-state index in [1.807, 2.05) is 6.07 Å². The molecule has 33 heavy (non-hydrogen) atoms. The van der Waals surface area contributed by atoms with E-state index in [0.29, 0.717) is 23.3 Å². The normalized spacial score (nSPS) is 17.5. The molecule has 3 aromatic rings. The summed E-state index contributed by atoms with van der Waals surface area (Å²) in [4.78, 5) is 29.9. The largest absolute Gasteiger partial charge is 0.486 e. The Morgan fingerprint density at radius 3 is 2.79 bits per heavy atom. The Morgan fingerprint density at radius 1 is 1.21 bits per heavy atom. The number of amides is 1. The zero-order valence-electron chi connectivity index (χ0n) is 18.0. The number of aromatic amines is 1. The van der Waals surface area contributed by atoms with Crippen LogP contribution in [0.3, 0.4) is 0 Å². The molecule has 1 amide bonds. The number of piperidine rings is 1. The van der Waals surface area contributed by atoms with E-state index in [2.05, 4.69) is 34.3 Å². The molecular formula is C25H26ClN3O4. The molecule has 1 aromatic heterocycles. The first-order valence-corrected chi connectivity index (χ1v) is 10.8. The molecule has 5 rings (SSSR count). The molecule has 0 atom stereocenters. The number of fused-ring (bicyclic) bond motifs is 2. The summed E-state index contributed by atoms with van der Waals surface area (Å²) in [6.45, 7) is 2.63. The zero-order valence-corrected chi connectivity index (χ0v) is 18.9. The average molecular weight is 468 g/mol. The summed E-state index contributed by atoms with van der Waals surface area (Å²) in [5.74, 6) is 0.0527. The molecule has 1 spiro atoms. The third-order valence-corrected chi connectivity index (χ3v) is 6.49. The van der Waals surface area contributed by atoms with Crippen LogP contribution >= 0.6 is 12.4 Å². The maximum atomic E-state index is 12.9. The van der Waals surface area contributed by atoms with Gasteiger partial charge in [-0.3, -0.25) is 19.7 Å². The molecule has 7 nitrogen and oxygen atoms in total. The van der Waals surface area contributed by atoms with Crippen LogP contribution in [0.15, 0.2) is 54.7 Å². The van der Waals surface area contributed by atoms with Gasteiger partial charge in [0, 0.05) is 55.7 Å². The van der Waals surface area contributed by atoms with Gasteiger partial charge >= 0.3 is 0 Å². The molecule has 3 N–H and O–H groups in total. The molecule has 0 unspecified atom stereocenters. The molecule has 2 aromatic carbocycles. The van der Waals surface area contributed by atoms with Gasteiger partial charge in [-0.2, -0.15) is 0 Å². The van der Waals surface area contributed by atoms with Crippen molar-refractivity contribution < 1.29 is 19.5 Å². The Labute approximate surface area is 197 Å². The maximum Gasteiger partial charge on any atom is 0.267 e. The Bertz CT molecular complexity index is 1210. The number of aromatic nitrogens is 1. The molecule has 1 saturated heterocycles. The Kier molecular flexibility index (Phi) is 6.56. The molecule has 3 heterocycles. The maximum absolute atomic E-state index is 12.9. The fraction of sp³-hybridized carbons (Fsp3) is 0.280. The van der Waals surface area contributed by atoms with Gasteiger partial charge in [-0.15, -0.1) is 12.4 Å². The standard InChI is InChI=1S/C25H25N3O4.ClH/c29-22-14-25(32-23-7-5-17(13-20(22)23)6-8-24(30)27-31)9-11-28(12-10-25)16-18-15-26-21-4-2-1-3-19(18)21;/h1-8,13,15,26,31H,9-12,14,16H2,(H,27,30);1H/b8-6+;. The first-order valence-electron chi connectivity index (χ1n) is 10.8. The third kappa shape index (κ3) is 4.66. The number of carbonyl (C=O) groups excluding carboxylic acids is 2. The number of Topliss-reactive ketones (excluding diaryl/α,β-unsaturated/α-hetero) is 1. The summed E-state index contributed by atoms with van der Waals surface area (Å²) in [6.07, 6.45) is 6.82.